The molecule has 0 aliphatic carbocycles. The zero-order valence-corrected chi connectivity index (χ0v) is 9.50. The molecule has 0 saturated heterocycles. The Morgan fingerprint density at radius 2 is 2.06 bits per heavy atom. The molecule has 0 aliphatic rings. The van der Waals surface area contributed by atoms with Crippen LogP contribution in [0.2, 0.25) is 0 Å². The van der Waals surface area contributed by atoms with Crippen LogP contribution < -0.4 is 5.69 Å². The minimum Gasteiger partial charge on any atom is -0.493 e. The Hall–Kier alpha value is -2.50. The first kappa shape index (κ1) is 12.0. The summed E-state index contributed by atoms with van der Waals surface area (Å²) in [7, 11) is 0. The largest absolute Gasteiger partial charge is 0.493 e. The lowest BCUT2D eigenvalue weighted by atomic mass is 10.2. The summed E-state index contributed by atoms with van der Waals surface area (Å²) in [5.74, 6) is -0.882. The van der Waals surface area contributed by atoms with Crippen molar-refractivity contribution in [3.63, 3.8) is 0 Å². The molecular formula is C12H12N2O4. The van der Waals surface area contributed by atoms with Gasteiger partial charge in [0, 0.05) is 0 Å². The van der Waals surface area contributed by atoms with Crippen LogP contribution in [-0.4, -0.2) is 20.6 Å². The number of carbonyl (C=O) groups is 1. The van der Waals surface area contributed by atoms with Gasteiger partial charge in [0.1, 0.15) is 13.2 Å². The highest BCUT2D eigenvalue weighted by molar-refractivity contribution is 5.69. The molecule has 0 atom stereocenters. The highest BCUT2D eigenvalue weighted by atomic mass is 16.5. The molecule has 1 heterocycles. The number of aromatic amines is 1. The second-order valence-electron chi connectivity index (χ2n) is 3.68. The first-order valence-corrected chi connectivity index (χ1v) is 5.33. The summed E-state index contributed by atoms with van der Waals surface area (Å²) in [5, 5.41) is 9.29. The molecule has 2 aromatic rings. The molecule has 2 N–H and O–H groups in total. The molecule has 1 aromatic carbocycles. The molecule has 0 amide bonds. The highest BCUT2D eigenvalue weighted by Gasteiger charge is 2.10. The van der Waals surface area contributed by atoms with Gasteiger partial charge in [-0.05, 0) is 5.56 Å². The average molecular weight is 248 g/mol. The zero-order chi connectivity index (χ0) is 13.0. The zero-order valence-electron chi connectivity index (χ0n) is 9.50. The third-order valence-electron chi connectivity index (χ3n) is 2.38. The van der Waals surface area contributed by atoms with Crippen molar-refractivity contribution >= 4 is 5.97 Å². The lowest BCUT2D eigenvalue weighted by molar-refractivity contribution is -0.145. The van der Waals surface area contributed by atoms with Crippen LogP contribution in [0, 0.1) is 0 Å². The number of aromatic nitrogens is 2. The van der Waals surface area contributed by atoms with E-state index in [4.69, 9.17) is 4.74 Å². The van der Waals surface area contributed by atoms with Crippen LogP contribution in [0.5, 0.6) is 5.88 Å². The van der Waals surface area contributed by atoms with Crippen molar-refractivity contribution in [3.05, 3.63) is 52.6 Å². The van der Waals surface area contributed by atoms with Crippen molar-refractivity contribution in [2.75, 3.05) is 0 Å². The number of nitrogens with zero attached hydrogens (tertiary/aromatic N) is 1. The molecule has 0 radical (unpaired) electrons. The van der Waals surface area contributed by atoms with E-state index in [1.165, 1.54) is 0 Å². The first-order chi connectivity index (χ1) is 8.66. The van der Waals surface area contributed by atoms with Gasteiger partial charge in [-0.3, -0.25) is 9.36 Å². The summed E-state index contributed by atoms with van der Waals surface area (Å²) < 4.78 is 5.88. The van der Waals surface area contributed by atoms with E-state index in [1.54, 1.807) is 0 Å². The quantitative estimate of drug-likeness (QED) is 0.777. The fraction of sp³-hybridized carbons (Fsp3) is 0.167. The molecule has 0 aliphatic heterocycles. The Bertz CT molecular complexity index is 586. The van der Waals surface area contributed by atoms with E-state index in [0.29, 0.717) is 0 Å². The Kier molecular flexibility index (Phi) is 3.47. The van der Waals surface area contributed by atoms with Gasteiger partial charge in [0.15, 0.2) is 0 Å². The summed E-state index contributed by atoms with van der Waals surface area (Å²) in [6.45, 7) is -0.180. The number of benzene rings is 1. The molecule has 0 unspecified atom stereocenters. The van der Waals surface area contributed by atoms with E-state index in [1.807, 2.05) is 30.3 Å². The highest BCUT2D eigenvalue weighted by Crippen LogP contribution is 2.04. The Morgan fingerprint density at radius 1 is 1.33 bits per heavy atom. The third-order valence-corrected chi connectivity index (χ3v) is 2.38. The molecule has 0 spiro atoms. The average Bonchev–Trinajstić information content (AvgIpc) is 2.69. The van der Waals surface area contributed by atoms with Gasteiger partial charge in [-0.2, -0.15) is 0 Å². The topological polar surface area (TPSA) is 84.3 Å². The van der Waals surface area contributed by atoms with Gasteiger partial charge in [0.2, 0.25) is 5.88 Å². The first-order valence-electron chi connectivity index (χ1n) is 5.33. The smallest absolute Gasteiger partial charge is 0.328 e. The lowest BCUT2D eigenvalue weighted by Crippen LogP contribution is -2.22. The molecule has 0 saturated carbocycles. The Labute approximate surface area is 102 Å². The van der Waals surface area contributed by atoms with Gasteiger partial charge in [-0.1, -0.05) is 30.3 Å². The fourth-order valence-corrected chi connectivity index (χ4v) is 1.45. The van der Waals surface area contributed by atoms with Gasteiger partial charge in [-0.15, -0.1) is 0 Å². The summed E-state index contributed by atoms with van der Waals surface area (Å²) in [6, 6.07) is 9.19. The second-order valence-corrected chi connectivity index (χ2v) is 3.68. The predicted molar refractivity (Wildman–Crippen MR) is 63.0 cm³/mol. The van der Waals surface area contributed by atoms with Crippen LogP contribution >= 0.6 is 0 Å². The van der Waals surface area contributed by atoms with Crippen LogP contribution in [0.15, 0.2) is 41.3 Å². The number of H-pyrrole nitrogens is 1. The number of imidazole rings is 1. The summed E-state index contributed by atoms with van der Waals surface area (Å²) in [4.78, 5) is 24.9. The van der Waals surface area contributed by atoms with Gasteiger partial charge >= 0.3 is 11.7 Å². The maximum Gasteiger partial charge on any atom is 0.328 e. The number of esters is 1. The number of carbonyl (C=O) groups excluding carboxylic acids is 1. The minimum atomic E-state index is -0.587. The summed E-state index contributed by atoms with van der Waals surface area (Å²) >= 11 is 0. The van der Waals surface area contributed by atoms with Crippen LogP contribution in [0.25, 0.3) is 0 Å². The predicted octanol–water partition coefficient (Wildman–Crippen LogP) is 0.625. The van der Waals surface area contributed by atoms with Crippen molar-refractivity contribution in [1.82, 2.24) is 9.55 Å². The van der Waals surface area contributed by atoms with Crippen molar-refractivity contribution in [2.45, 2.75) is 13.2 Å². The summed E-state index contributed by atoms with van der Waals surface area (Å²) in [6.07, 6.45) is 1.12. The Morgan fingerprint density at radius 3 is 2.67 bits per heavy atom. The molecule has 6 nitrogen and oxygen atoms in total. The van der Waals surface area contributed by atoms with Gasteiger partial charge in [0.05, 0.1) is 6.20 Å². The monoisotopic (exact) mass is 248 g/mol. The van der Waals surface area contributed by atoms with Crippen molar-refractivity contribution in [2.24, 2.45) is 0 Å². The fourth-order valence-electron chi connectivity index (χ4n) is 1.45. The maximum absolute atomic E-state index is 11.5. The van der Waals surface area contributed by atoms with E-state index in [2.05, 4.69) is 4.98 Å². The molecule has 94 valence electrons. The SMILES string of the molecule is O=C(Cn1c(O)c[nH]c1=O)OCc1ccccc1. The standard InChI is InChI=1S/C12H12N2O4/c15-10-6-13-12(17)14(10)7-11(16)18-8-9-4-2-1-3-5-9/h1-6,15H,7-8H2,(H,13,17). The second kappa shape index (κ2) is 5.22. The van der Waals surface area contributed by atoms with Gasteiger partial charge in [-0.25, -0.2) is 4.79 Å². The normalized spacial score (nSPS) is 10.2. The maximum atomic E-state index is 11.5. The third kappa shape index (κ3) is 2.79. The van der Waals surface area contributed by atoms with E-state index < -0.39 is 11.7 Å². The van der Waals surface area contributed by atoms with Crippen LogP contribution in [-0.2, 0) is 22.7 Å². The number of nitrogens with one attached hydrogen (secondary N) is 1. The Balaban J connectivity index is 1.92. The number of aromatic hydroxyl groups is 1. The molecule has 18 heavy (non-hydrogen) atoms. The molecule has 6 heteroatoms. The van der Waals surface area contributed by atoms with Crippen LogP contribution in [0.4, 0.5) is 0 Å². The van der Waals surface area contributed by atoms with Crippen LogP contribution in [0.1, 0.15) is 5.56 Å². The van der Waals surface area contributed by atoms with E-state index in [-0.39, 0.29) is 19.0 Å². The van der Waals surface area contributed by atoms with Gasteiger partial charge in [0.25, 0.3) is 0 Å². The van der Waals surface area contributed by atoms with E-state index in [9.17, 15) is 14.7 Å². The molecule has 0 bridgehead atoms. The van der Waals surface area contributed by atoms with Crippen molar-refractivity contribution in [1.29, 1.82) is 0 Å². The van der Waals surface area contributed by atoms with Gasteiger partial charge < -0.3 is 14.8 Å². The van der Waals surface area contributed by atoms with E-state index >= 15 is 0 Å². The summed E-state index contributed by atoms with van der Waals surface area (Å²) in [5.41, 5.74) is 0.306. The molecule has 0 fully saturated rings. The molecule has 2 rings (SSSR count). The van der Waals surface area contributed by atoms with Crippen LogP contribution in [0.3, 0.4) is 0 Å². The minimum absolute atomic E-state index is 0.139. The molecular weight excluding hydrogens is 236 g/mol. The van der Waals surface area contributed by atoms with Crippen molar-refractivity contribution in [3.8, 4) is 5.88 Å². The van der Waals surface area contributed by atoms with Crippen molar-refractivity contribution < 1.29 is 14.6 Å². The molecule has 1 aromatic heterocycles. The number of hydrogen-bond donors (Lipinski definition) is 2. The number of hydrogen-bond acceptors (Lipinski definition) is 4. The lowest BCUT2D eigenvalue weighted by Gasteiger charge is -2.05. The van der Waals surface area contributed by atoms with E-state index in [0.717, 1.165) is 16.3 Å². The number of rotatable bonds is 4. The number of ether oxygens (including phenoxy) is 1.